The highest BCUT2D eigenvalue weighted by atomic mass is 16.5. The minimum absolute atomic E-state index is 0.0875. The Morgan fingerprint density at radius 1 is 0.871 bits per heavy atom. The summed E-state index contributed by atoms with van der Waals surface area (Å²) >= 11 is 0. The summed E-state index contributed by atoms with van der Waals surface area (Å²) < 4.78 is 11.5. The van der Waals surface area contributed by atoms with Crippen LogP contribution in [0.3, 0.4) is 0 Å². The molecule has 0 aromatic heterocycles. The van der Waals surface area contributed by atoms with Gasteiger partial charge in [0.1, 0.15) is 0 Å². The molecule has 0 saturated heterocycles. The summed E-state index contributed by atoms with van der Waals surface area (Å²) in [5.41, 5.74) is 5.25. The largest absolute Gasteiger partial charge is 0.490 e. The first kappa shape index (κ1) is 22.2. The molecule has 3 aromatic carbocycles. The zero-order valence-electron chi connectivity index (χ0n) is 18.4. The van der Waals surface area contributed by atoms with Gasteiger partial charge in [-0.2, -0.15) is 0 Å². The highest BCUT2D eigenvalue weighted by molar-refractivity contribution is 5.92. The molecule has 0 unspecified atom stereocenters. The minimum Gasteiger partial charge on any atom is -0.490 e. The van der Waals surface area contributed by atoms with Gasteiger partial charge in [0.05, 0.1) is 6.61 Å². The van der Waals surface area contributed by atoms with Gasteiger partial charge in [0, 0.05) is 17.9 Å². The Kier molecular flexibility index (Phi) is 7.93. The van der Waals surface area contributed by atoms with Gasteiger partial charge in [-0.1, -0.05) is 43.3 Å². The monoisotopic (exact) mass is 418 g/mol. The van der Waals surface area contributed by atoms with Crippen molar-refractivity contribution in [3.8, 4) is 11.5 Å². The molecule has 3 rings (SSSR count). The van der Waals surface area contributed by atoms with E-state index in [9.17, 15) is 4.79 Å². The Balaban J connectivity index is 1.60. The van der Waals surface area contributed by atoms with Gasteiger partial charge in [-0.05, 0) is 67.3 Å². The average Bonchev–Trinajstić information content (AvgIpc) is 2.79. The van der Waals surface area contributed by atoms with Crippen molar-refractivity contribution in [1.82, 2.24) is 0 Å². The predicted molar refractivity (Wildman–Crippen MR) is 126 cm³/mol. The molecule has 162 valence electrons. The van der Waals surface area contributed by atoms with E-state index in [2.05, 4.69) is 41.8 Å². The van der Waals surface area contributed by atoms with Crippen LogP contribution in [0.4, 0.5) is 11.4 Å². The second-order valence-corrected chi connectivity index (χ2v) is 7.27. The fourth-order valence-corrected chi connectivity index (χ4v) is 3.16. The average molecular weight is 419 g/mol. The zero-order valence-corrected chi connectivity index (χ0v) is 18.4. The van der Waals surface area contributed by atoms with Gasteiger partial charge in [-0.3, -0.25) is 4.79 Å². The number of anilines is 2. The maximum absolute atomic E-state index is 12.3. The van der Waals surface area contributed by atoms with Crippen LogP contribution in [0.25, 0.3) is 0 Å². The number of carbonyl (C=O) groups excluding carboxylic acids is 1. The number of hydrogen-bond acceptors (Lipinski definition) is 4. The highest BCUT2D eigenvalue weighted by Gasteiger charge is 2.10. The molecule has 3 aromatic rings. The number of para-hydroxylation sites is 1. The van der Waals surface area contributed by atoms with Crippen molar-refractivity contribution in [2.24, 2.45) is 0 Å². The van der Waals surface area contributed by atoms with Crippen molar-refractivity contribution < 1.29 is 14.3 Å². The number of benzene rings is 3. The van der Waals surface area contributed by atoms with E-state index in [0.717, 1.165) is 28.9 Å². The number of amides is 1. The van der Waals surface area contributed by atoms with Gasteiger partial charge in [-0.25, -0.2) is 0 Å². The zero-order chi connectivity index (χ0) is 22.1. The van der Waals surface area contributed by atoms with Crippen LogP contribution in [-0.4, -0.2) is 19.1 Å². The van der Waals surface area contributed by atoms with Gasteiger partial charge in [-0.15, -0.1) is 0 Å². The Labute approximate surface area is 184 Å². The molecule has 0 aliphatic rings. The van der Waals surface area contributed by atoms with E-state index in [1.54, 1.807) is 0 Å². The molecule has 2 N–H and O–H groups in total. The number of rotatable bonds is 10. The van der Waals surface area contributed by atoms with Crippen LogP contribution in [0.15, 0.2) is 66.7 Å². The molecule has 0 aliphatic heterocycles. The van der Waals surface area contributed by atoms with Crippen LogP contribution in [0, 0.1) is 6.92 Å². The van der Waals surface area contributed by atoms with E-state index < -0.39 is 0 Å². The van der Waals surface area contributed by atoms with Crippen LogP contribution < -0.4 is 20.1 Å². The topological polar surface area (TPSA) is 59.6 Å². The van der Waals surface area contributed by atoms with E-state index in [-0.39, 0.29) is 12.5 Å². The summed E-state index contributed by atoms with van der Waals surface area (Å²) in [4.78, 5) is 12.3. The molecule has 0 atom stereocenters. The lowest BCUT2D eigenvalue weighted by Gasteiger charge is -2.14. The molecule has 0 heterocycles. The number of nitrogens with one attached hydrogen (secondary N) is 2. The summed E-state index contributed by atoms with van der Waals surface area (Å²) in [5, 5.41) is 6.30. The standard InChI is InChI=1S/C26H30N2O3/c1-4-20-10-13-22(14-11-20)27-17-21-12-15-24(25(16-21)30-5-2)31-18-26(29)28-23-9-7-6-8-19(23)3/h6-16,27H,4-5,17-18H2,1-3H3,(H,28,29). The third-order valence-electron chi connectivity index (χ3n) is 4.94. The lowest BCUT2D eigenvalue weighted by atomic mass is 10.1. The van der Waals surface area contributed by atoms with Crippen LogP contribution >= 0.6 is 0 Å². The van der Waals surface area contributed by atoms with Crippen molar-refractivity contribution in [2.45, 2.75) is 33.7 Å². The molecule has 5 heteroatoms. The molecule has 0 saturated carbocycles. The fraction of sp³-hybridized carbons (Fsp3) is 0.269. The maximum atomic E-state index is 12.3. The summed E-state index contributed by atoms with van der Waals surface area (Å²) in [6.07, 6.45) is 1.03. The van der Waals surface area contributed by atoms with E-state index >= 15 is 0 Å². The van der Waals surface area contributed by atoms with Gasteiger partial charge < -0.3 is 20.1 Å². The molecule has 0 bridgehead atoms. The predicted octanol–water partition coefficient (Wildman–Crippen LogP) is 5.59. The number of aryl methyl sites for hydroxylation is 2. The first-order valence-corrected chi connectivity index (χ1v) is 10.7. The second kappa shape index (κ2) is 11.1. The van der Waals surface area contributed by atoms with Gasteiger partial charge in [0.25, 0.3) is 5.91 Å². The van der Waals surface area contributed by atoms with Crippen LogP contribution in [-0.2, 0) is 17.8 Å². The smallest absolute Gasteiger partial charge is 0.262 e. The third kappa shape index (κ3) is 6.51. The fourth-order valence-electron chi connectivity index (χ4n) is 3.16. The highest BCUT2D eigenvalue weighted by Crippen LogP contribution is 2.29. The van der Waals surface area contributed by atoms with Gasteiger partial charge in [0.15, 0.2) is 18.1 Å². The lowest BCUT2D eigenvalue weighted by Crippen LogP contribution is -2.20. The molecule has 31 heavy (non-hydrogen) atoms. The number of ether oxygens (including phenoxy) is 2. The lowest BCUT2D eigenvalue weighted by molar-refractivity contribution is -0.118. The van der Waals surface area contributed by atoms with Crippen molar-refractivity contribution in [3.63, 3.8) is 0 Å². The summed E-state index contributed by atoms with van der Waals surface area (Å²) in [7, 11) is 0. The quantitative estimate of drug-likeness (QED) is 0.451. The Hall–Kier alpha value is -3.47. The molecule has 5 nitrogen and oxygen atoms in total. The Morgan fingerprint density at radius 3 is 2.32 bits per heavy atom. The SMILES string of the molecule is CCOc1cc(CNc2ccc(CC)cc2)ccc1OCC(=O)Nc1ccccc1C. The molecule has 0 fully saturated rings. The Morgan fingerprint density at radius 2 is 1.61 bits per heavy atom. The summed E-state index contributed by atoms with van der Waals surface area (Å²) in [6.45, 7) is 7.12. The van der Waals surface area contributed by atoms with E-state index in [0.29, 0.717) is 24.7 Å². The Bertz CT molecular complexity index is 1000. The number of hydrogen-bond donors (Lipinski definition) is 2. The molecule has 0 radical (unpaired) electrons. The summed E-state index contributed by atoms with van der Waals surface area (Å²) in [5.74, 6) is 0.975. The van der Waals surface area contributed by atoms with Crippen LogP contribution in [0.1, 0.15) is 30.5 Å². The normalized spacial score (nSPS) is 10.4. The van der Waals surface area contributed by atoms with Crippen LogP contribution in [0.5, 0.6) is 11.5 Å². The van der Waals surface area contributed by atoms with Crippen molar-refractivity contribution in [1.29, 1.82) is 0 Å². The van der Waals surface area contributed by atoms with Gasteiger partial charge in [0.2, 0.25) is 0 Å². The van der Waals surface area contributed by atoms with Crippen molar-refractivity contribution in [2.75, 3.05) is 23.8 Å². The third-order valence-corrected chi connectivity index (χ3v) is 4.94. The first-order chi connectivity index (χ1) is 15.1. The van der Waals surface area contributed by atoms with Crippen molar-refractivity contribution >= 4 is 17.3 Å². The molecule has 0 spiro atoms. The van der Waals surface area contributed by atoms with E-state index in [4.69, 9.17) is 9.47 Å². The molecule has 1 amide bonds. The molecular formula is C26H30N2O3. The van der Waals surface area contributed by atoms with Crippen molar-refractivity contribution in [3.05, 3.63) is 83.4 Å². The molecular weight excluding hydrogens is 388 g/mol. The minimum atomic E-state index is -0.210. The van der Waals surface area contributed by atoms with E-state index in [1.165, 1.54) is 5.56 Å². The van der Waals surface area contributed by atoms with Gasteiger partial charge >= 0.3 is 0 Å². The first-order valence-electron chi connectivity index (χ1n) is 10.7. The molecule has 0 aliphatic carbocycles. The van der Waals surface area contributed by atoms with Crippen LogP contribution in [0.2, 0.25) is 0 Å². The second-order valence-electron chi connectivity index (χ2n) is 7.27. The van der Waals surface area contributed by atoms with E-state index in [1.807, 2.05) is 56.3 Å². The number of carbonyl (C=O) groups is 1. The maximum Gasteiger partial charge on any atom is 0.262 e. The summed E-state index contributed by atoms with van der Waals surface area (Å²) in [6, 6.07) is 21.9.